The van der Waals surface area contributed by atoms with Gasteiger partial charge in [0.25, 0.3) is 0 Å². The SMILES string of the molecule is CCC(CC)C(CNC(=O)CCc1ccc(C#N)cc1)N1CCOCC1. The molecule has 1 aliphatic rings. The van der Waals surface area contributed by atoms with E-state index in [9.17, 15) is 4.79 Å². The van der Waals surface area contributed by atoms with Gasteiger partial charge in [-0.1, -0.05) is 38.8 Å². The zero-order chi connectivity index (χ0) is 18.8. The molecule has 2 rings (SSSR count). The van der Waals surface area contributed by atoms with Gasteiger partial charge in [-0.05, 0) is 30.0 Å². The number of aryl methyl sites for hydroxylation is 1. The van der Waals surface area contributed by atoms with Gasteiger partial charge in [0.15, 0.2) is 0 Å². The van der Waals surface area contributed by atoms with Crippen molar-refractivity contribution in [2.75, 3.05) is 32.8 Å². The van der Waals surface area contributed by atoms with Crippen LogP contribution in [0.3, 0.4) is 0 Å². The topological polar surface area (TPSA) is 65.4 Å². The Balaban J connectivity index is 1.83. The van der Waals surface area contributed by atoms with E-state index in [1.807, 2.05) is 12.1 Å². The lowest BCUT2D eigenvalue weighted by molar-refractivity contribution is -0.121. The number of benzene rings is 1. The molecule has 5 nitrogen and oxygen atoms in total. The summed E-state index contributed by atoms with van der Waals surface area (Å²) in [4.78, 5) is 14.8. The Bertz CT molecular complexity index is 584. The second-order valence-electron chi connectivity index (χ2n) is 6.91. The maximum atomic E-state index is 12.3. The molecular weight excluding hydrogens is 326 g/mol. The van der Waals surface area contributed by atoms with Gasteiger partial charge in [-0.3, -0.25) is 9.69 Å². The second-order valence-corrected chi connectivity index (χ2v) is 6.91. The van der Waals surface area contributed by atoms with Gasteiger partial charge in [-0.25, -0.2) is 0 Å². The Morgan fingerprint density at radius 3 is 2.46 bits per heavy atom. The molecule has 0 spiro atoms. The van der Waals surface area contributed by atoms with Crippen LogP contribution in [0.1, 0.15) is 44.2 Å². The smallest absolute Gasteiger partial charge is 0.220 e. The molecular formula is C21H31N3O2. The van der Waals surface area contributed by atoms with Crippen molar-refractivity contribution in [3.05, 3.63) is 35.4 Å². The van der Waals surface area contributed by atoms with Gasteiger partial charge in [-0.2, -0.15) is 5.26 Å². The molecule has 1 saturated heterocycles. The first-order valence-electron chi connectivity index (χ1n) is 9.75. The highest BCUT2D eigenvalue weighted by atomic mass is 16.5. The Morgan fingerprint density at radius 2 is 1.88 bits per heavy atom. The van der Waals surface area contributed by atoms with Crippen LogP contribution in [0.4, 0.5) is 0 Å². The molecule has 26 heavy (non-hydrogen) atoms. The fourth-order valence-corrected chi connectivity index (χ4v) is 3.65. The number of amides is 1. The fourth-order valence-electron chi connectivity index (χ4n) is 3.65. The van der Waals surface area contributed by atoms with E-state index in [1.165, 1.54) is 0 Å². The number of carbonyl (C=O) groups excluding carboxylic acids is 1. The zero-order valence-corrected chi connectivity index (χ0v) is 16.0. The molecule has 1 amide bonds. The molecule has 0 bridgehead atoms. The number of carbonyl (C=O) groups is 1. The summed E-state index contributed by atoms with van der Waals surface area (Å²) in [6.45, 7) is 8.62. The monoisotopic (exact) mass is 357 g/mol. The van der Waals surface area contributed by atoms with E-state index >= 15 is 0 Å². The number of morpholine rings is 1. The molecule has 1 heterocycles. The zero-order valence-electron chi connectivity index (χ0n) is 16.0. The van der Waals surface area contributed by atoms with Crippen molar-refractivity contribution < 1.29 is 9.53 Å². The van der Waals surface area contributed by atoms with Crippen LogP contribution in [0.15, 0.2) is 24.3 Å². The van der Waals surface area contributed by atoms with Gasteiger partial charge in [0.05, 0.1) is 24.8 Å². The van der Waals surface area contributed by atoms with Gasteiger partial charge >= 0.3 is 0 Å². The van der Waals surface area contributed by atoms with Crippen LogP contribution in [0, 0.1) is 17.2 Å². The van der Waals surface area contributed by atoms with E-state index in [2.05, 4.69) is 30.1 Å². The van der Waals surface area contributed by atoms with Crippen LogP contribution in [-0.4, -0.2) is 49.7 Å². The standard InChI is InChI=1S/C21H31N3O2/c1-3-19(4-2)20(24-11-13-26-14-12-24)16-23-21(25)10-9-17-5-7-18(15-22)8-6-17/h5-8,19-20H,3-4,9-14,16H2,1-2H3,(H,23,25). The molecule has 1 fully saturated rings. The summed E-state index contributed by atoms with van der Waals surface area (Å²) in [7, 11) is 0. The minimum absolute atomic E-state index is 0.0959. The highest BCUT2D eigenvalue weighted by Gasteiger charge is 2.27. The molecule has 142 valence electrons. The molecule has 1 unspecified atom stereocenters. The van der Waals surface area contributed by atoms with Crippen molar-refractivity contribution in [3.8, 4) is 6.07 Å². The van der Waals surface area contributed by atoms with E-state index in [1.54, 1.807) is 12.1 Å². The summed E-state index contributed by atoms with van der Waals surface area (Å²) >= 11 is 0. The molecule has 0 aromatic heterocycles. The number of ether oxygens (including phenoxy) is 1. The van der Waals surface area contributed by atoms with Gasteiger partial charge in [0.2, 0.25) is 5.91 Å². The third kappa shape index (κ3) is 6.12. The molecule has 1 aliphatic heterocycles. The lowest BCUT2D eigenvalue weighted by Gasteiger charge is -2.38. The average Bonchev–Trinajstić information content (AvgIpc) is 2.70. The normalized spacial score (nSPS) is 16.2. The molecule has 5 heteroatoms. The third-order valence-corrected chi connectivity index (χ3v) is 5.34. The van der Waals surface area contributed by atoms with E-state index in [-0.39, 0.29) is 5.91 Å². The fraction of sp³-hybridized carbons (Fsp3) is 0.619. The second kappa shape index (κ2) is 10.9. The average molecular weight is 357 g/mol. The van der Waals surface area contributed by atoms with Crippen LogP contribution in [0.25, 0.3) is 0 Å². The molecule has 1 aromatic carbocycles. The highest BCUT2D eigenvalue weighted by Crippen LogP contribution is 2.19. The molecule has 1 N–H and O–H groups in total. The molecule has 0 aliphatic carbocycles. The first-order chi connectivity index (χ1) is 12.7. The van der Waals surface area contributed by atoms with E-state index in [0.29, 0.717) is 36.9 Å². The van der Waals surface area contributed by atoms with Crippen LogP contribution >= 0.6 is 0 Å². The first kappa shape index (κ1) is 20.4. The first-order valence-corrected chi connectivity index (χ1v) is 9.75. The lowest BCUT2D eigenvalue weighted by Crippen LogP contribution is -2.52. The van der Waals surface area contributed by atoms with Crippen molar-refractivity contribution >= 4 is 5.91 Å². The van der Waals surface area contributed by atoms with Crippen LogP contribution in [0.5, 0.6) is 0 Å². The van der Waals surface area contributed by atoms with Crippen LogP contribution < -0.4 is 5.32 Å². The Kier molecular flexibility index (Phi) is 8.60. The largest absolute Gasteiger partial charge is 0.379 e. The summed E-state index contributed by atoms with van der Waals surface area (Å²) in [5.74, 6) is 0.686. The molecule has 1 aromatic rings. The van der Waals surface area contributed by atoms with Gasteiger partial charge in [0.1, 0.15) is 0 Å². The van der Waals surface area contributed by atoms with Gasteiger partial charge in [-0.15, -0.1) is 0 Å². The van der Waals surface area contributed by atoms with Crippen molar-refractivity contribution in [1.29, 1.82) is 5.26 Å². The van der Waals surface area contributed by atoms with Crippen LogP contribution in [-0.2, 0) is 16.0 Å². The van der Waals surface area contributed by atoms with Crippen molar-refractivity contribution in [1.82, 2.24) is 10.2 Å². The predicted octanol–water partition coefficient (Wildman–Crippen LogP) is 2.74. The molecule has 0 radical (unpaired) electrons. The summed E-state index contributed by atoms with van der Waals surface area (Å²) in [6.07, 6.45) is 3.43. The summed E-state index contributed by atoms with van der Waals surface area (Å²) < 4.78 is 5.48. The number of nitrogens with zero attached hydrogens (tertiary/aromatic N) is 2. The summed E-state index contributed by atoms with van der Waals surface area (Å²) in [5, 5.41) is 12.0. The lowest BCUT2D eigenvalue weighted by atomic mass is 9.92. The third-order valence-electron chi connectivity index (χ3n) is 5.34. The number of nitriles is 1. The molecule has 0 saturated carbocycles. The minimum Gasteiger partial charge on any atom is -0.379 e. The Morgan fingerprint density at radius 1 is 1.23 bits per heavy atom. The number of rotatable bonds is 9. The molecule has 1 atom stereocenters. The van der Waals surface area contributed by atoms with Gasteiger partial charge in [0, 0.05) is 32.1 Å². The van der Waals surface area contributed by atoms with Crippen molar-refractivity contribution in [3.63, 3.8) is 0 Å². The maximum absolute atomic E-state index is 12.3. The number of hydrogen-bond donors (Lipinski definition) is 1. The van der Waals surface area contributed by atoms with Crippen molar-refractivity contribution in [2.45, 2.75) is 45.6 Å². The van der Waals surface area contributed by atoms with Crippen molar-refractivity contribution in [2.24, 2.45) is 5.92 Å². The summed E-state index contributed by atoms with van der Waals surface area (Å²) in [6, 6.07) is 9.94. The quantitative estimate of drug-likeness (QED) is 0.738. The number of nitrogens with one attached hydrogen (secondary N) is 1. The Labute approximate surface area is 157 Å². The van der Waals surface area contributed by atoms with E-state index < -0.39 is 0 Å². The number of hydrogen-bond acceptors (Lipinski definition) is 4. The minimum atomic E-state index is 0.0959. The maximum Gasteiger partial charge on any atom is 0.220 e. The van der Waals surface area contributed by atoms with E-state index in [4.69, 9.17) is 10.00 Å². The Hall–Kier alpha value is -1.90. The predicted molar refractivity (Wildman–Crippen MR) is 103 cm³/mol. The summed E-state index contributed by atoms with van der Waals surface area (Å²) in [5.41, 5.74) is 1.74. The van der Waals surface area contributed by atoms with Gasteiger partial charge < -0.3 is 10.1 Å². The highest BCUT2D eigenvalue weighted by molar-refractivity contribution is 5.76. The van der Waals surface area contributed by atoms with E-state index in [0.717, 1.165) is 44.7 Å². The van der Waals surface area contributed by atoms with Crippen LogP contribution in [0.2, 0.25) is 0 Å².